The van der Waals surface area contributed by atoms with Crippen molar-refractivity contribution in [2.45, 2.75) is 25.4 Å². The van der Waals surface area contributed by atoms with Crippen LogP contribution in [0.1, 0.15) is 30.9 Å². The molecule has 1 saturated carbocycles. The minimum absolute atomic E-state index is 0.0809. The van der Waals surface area contributed by atoms with Crippen LogP contribution in [0.4, 0.5) is 0 Å². The molecular formula is C16H19NO. The normalized spacial score (nSPS) is 19.4. The van der Waals surface area contributed by atoms with Gasteiger partial charge in [0.05, 0.1) is 6.10 Å². The van der Waals surface area contributed by atoms with Gasteiger partial charge in [0, 0.05) is 12.0 Å². The summed E-state index contributed by atoms with van der Waals surface area (Å²) in [6.45, 7) is 0.570. The van der Waals surface area contributed by atoms with Crippen LogP contribution in [-0.4, -0.2) is 11.7 Å². The highest BCUT2D eigenvalue weighted by Crippen LogP contribution is 2.49. The van der Waals surface area contributed by atoms with Gasteiger partial charge in [0.15, 0.2) is 0 Å². The zero-order valence-corrected chi connectivity index (χ0v) is 10.5. The van der Waals surface area contributed by atoms with Crippen molar-refractivity contribution in [3.8, 4) is 0 Å². The molecule has 3 rings (SSSR count). The van der Waals surface area contributed by atoms with Crippen LogP contribution >= 0.6 is 0 Å². The average Bonchev–Trinajstić information content (AvgIpc) is 2.37. The van der Waals surface area contributed by atoms with Crippen molar-refractivity contribution in [3.05, 3.63) is 48.0 Å². The van der Waals surface area contributed by atoms with Crippen LogP contribution in [0.2, 0.25) is 0 Å². The Morgan fingerprint density at radius 2 is 1.83 bits per heavy atom. The van der Waals surface area contributed by atoms with Gasteiger partial charge in [-0.2, -0.15) is 0 Å². The first-order valence-electron chi connectivity index (χ1n) is 6.62. The van der Waals surface area contributed by atoms with Crippen molar-refractivity contribution in [2.75, 3.05) is 6.54 Å². The Balaban J connectivity index is 1.98. The van der Waals surface area contributed by atoms with Gasteiger partial charge in [-0.15, -0.1) is 0 Å². The lowest BCUT2D eigenvalue weighted by Gasteiger charge is -2.45. The standard InChI is InChI=1S/C16H19NO/c17-11-16(8-3-9-16)15(18)14-7-6-12-4-1-2-5-13(12)10-14/h1-2,4-7,10,15,18H,3,8-9,11,17H2. The third-order valence-corrected chi connectivity index (χ3v) is 4.43. The molecule has 2 aromatic rings. The number of nitrogens with two attached hydrogens (primary N) is 1. The van der Waals surface area contributed by atoms with Crippen LogP contribution in [0.25, 0.3) is 10.8 Å². The van der Waals surface area contributed by atoms with Gasteiger partial charge in [0.25, 0.3) is 0 Å². The Morgan fingerprint density at radius 1 is 1.11 bits per heavy atom. The molecule has 0 amide bonds. The average molecular weight is 241 g/mol. The first-order valence-corrected chi connectivity index (χ1v) is 6.62. The number of aliphatic hydroxyl groups is 1. The van der Waals surface area contributed by atoms with Gasteiger partial charge in [-0.05, 0) is 35.2 Å². The highest BCUT2D eigenvalue weighted by molar-refractivity contribution is 5.83. The van der Waals surface area contributed by atoms with Crippen LogP contribution in [-0.2, 0) is 0 Å². The molecule has 0 saturated heterocycles. The zero-order chi connectivity index (χ0) is 12.6. The molecule has 1 fully saturated rings. The summed E-state index contributed by atoms with van der Waals surface area (Å²) < 4.78 is 0. The molecule has 3 N–H and O–H groups in total. The van der Waals surface area contributed by atoms with E-state index in [1.54, 1.807) is 0 Å². The minimum Gasteiger partial charge on any atom is -0.388 e. The van der Waals surface area contributed by atoms with Crippen molar-refractivity contribution in [1.82, 2.24) is 0 Å². The summed E-state index contributed by atoms with van der Waals surface area (Å²) in [4.78, 5) is 0. The van der Waals surface area contributed by atoms with E-state index in [2.05, 4.69) is 24.3 Å². The maximum absolute atomic E-state index is 10.6. The first kappa shape index (κ1) is 11.7. The monoisotopic (exact) mass is 241 g/mol. The van der Waals surface area contributed by atoms with Crippen LogP contribution in [0.5, 0.6) is 0 Å². The molecule has 1 unspecified atom stereocenters. The van der Waals surface area contributed by atoms with E-state index in [4.69, 9.17) is 5.73 Å². The predicted octanol–water partition coefficient (Wildman–Crippen LogP) is 3.00. The van der Waals surface area contributed by atoms with Crippen molar-refractivity contribution in [3.63, 3.8) is 0 Å². The highest BCUT2D eigenvalue weighted by Gasteiger charge is 2.42. The Hall–Kier alpha value is -1.38. The molecule has 0 aromatic heterocycles. The van der Waals surface area contributed by atoms with Crippen LogP contribution in [0.3, 0.4) is 0 Å². The second-order valence-corrected chi connectivity index (χ2v) is 5.43. The fraction of sp³-hybridized carbons (Fsp3) is 0.375. The number of aliphatic hydroxyl groups excluding tert-OH is 1. The molecule has 2 nitrogen and oxygen atoms in total. The summed E-state index contributed by atoms with van der Waals surface area (Å²) in [7, 11) is 0. The van der Waals surface area contributed by atoms with E-state index >= 15 is 0 Å². The van der Waals surface area contributed by atoms with E-state index in [0.29, 0.717) is 6.54 Å². The molecule has 0 heterocycles. The Morgan fingerprint density at radius 3 is 2.44 bits per heavy atom. The van der Waals surface area contributed by atoms with Crippen molar-refractivity contribution < 1.29 is 5.11 Å². The second-order valence-electron chi connectivity index (χ2n) is 5.43. The smallest absolute Gasteiger partial charge is 0.0858 e. The molecule has 18 heavy (non-hydrogen) atoms. The lowest BCUT2D eigenvalue weighted by Crippen LogP contribution is -2.42. The lowest BCUT2D eigenvalue weighted by molar-refractivity contribution is -0.0296. The third-order valence-electron chi connectivity index (χ3n) is 4.43. The van der Waals surface area contributed by atoms with Gasteiger partial charge in [-0.25, -0.2) is 0 Å². The topological polar surface area (TPSA) is 46.2 Å². The first-order chi connectivity index (χ1) is 8.75. The van der Waals surface area contributed by atoms with Gasteiger partial charge in [0.1, 0.15) is 0 Å². The summed E-state index contributed by atoms with van der Waals surface area (Å²) in [5.74, 6) is 0. The molecule has 1 atom stereocenters. The van der Waals surface area contributed by atoms with E-state index in [1.165, 1.54) is 17.2 Å². The molecule has 2 aromatic carbocycles. The number of rotatable bonds is 3. The van der Waals surface area contributed by atoms with E-state index in [-0.39, 0.29) is 5.41 Å². The van der Waals surface area contributed by atoms with E-state index in [0.717, 1.165) is 18.4 Å². The second kappa shape index (κ2) is 4.38. The predicted molar refractivity (Wildman–Crippen MR) is 74.2 cm³/mol. The van der Waals surface area contributed by atoms with E-state index in [9.17, 15) is 5.11 Å². The molecule has 1 aliphatic rings. The summed E-state index contributed by atoms with van der Waals surface area (Å²) in [5, 5.41) is 13.0. The molecule has 0 aliphatic heterocycles. The Bertz CT molecular complexity index is 554. The van der Waals surface area contributed by atoms with E-state index in [1.807, 2.05) is 18.2 Å². The van der Waals surface area contributed by atoms with Gasteiger partial charge in [-0.1, -0.05) is 42.8 Å². The zero-order valence-electron chi connectivity index (χ0n) is 10.5. The highest BCUT2D eigenvalue weighted by atomic mass is 16.3. The molecule has 0 bridgehead atoms. The summed E-state index contributed by atoms with van der Waals surface area (Å²) >= 11 is 0. The SMILES string of the molecule is NCC1(C(O)c2ccc3ccccc3c2)CCC1. The number of fused-ring (bicyclic) bond motifs is 1. The maximum atomic E-state index is 10.6. The molecule has 2 heteroatoms. The quantitative estimate of drug-likeness (QED) is 0.867. The molecule has 94 valence electrons. The number of hydrogen-bond donors (Lipinski definition) is 2. The number of benzene rings is 2. The lowest BCUT2D eigenvalue weighted by atomic mass is 9.63. The fourth-order valence-electron chi connectivity index (χ4n) is 2.95. The third kappa shape index (κ3) is 1.73. The van der Waals surface area contributed by atoms with Crippen molar-refractivity contribution in [1.29, 1.82) is 0 Å². The molecule has 0 spiro atoms. The minimum atomic E-state index is -0.430. The van der Waals surface area contributed by atoms with Crippen LogP contribution in [0, 0.1) is 5.41 Å². The Kier molecular flexibility index (Phi) is 2.84. The van der Waals surface area contributed by atoms with E-state index < -0.39 is 6.10 Å². The van der Waals surface area contributed by atoms with Gasteiger partial charge < -0.3 is 10.8 Å². The maximum Gasteiger partial charge on any atom is 0.0858 e. The summed E-state index contributed by atoms with van der Waals surface area (Å²) in [6.07, 6.45) is 2.83. The largest absolute Gasteiger partial charge is 0.388 e. The van der Waals surface area contributed by atoms with Crippen molar-refractivity contribution in [2.24, 2.45) is 11.1 Å². The van der Waals surface area contributed by atoms with Crippen LogP contribution in [0.15, 0.2) is 42.5 Å². The molecular weight excluding hydrogens is 222 g/mol. The Labute approximate surface area is 107 Å². The van der Waals surface area contributed by atoms with Gasteiger partial charge in [0.2, 0.25) is 0 Å². The summed E-state index contributed by atoms with van der Waals surface area (Å²) in [6, 6.07) is 14.4. The number of hydrogen-bond acceptors (Lipinski definition) is 2. The summed E-state index contributed by atoms with van der Waals surface area (Å²) in [5.41, 5.74) is 6.78. The van der Waals surface area contributed by atoms with Crippen LogP contribution < -0.4 is 5.73 Å². The van der Waals surface area contributed by atoms with Gasteiger partial charge >= 0.3 is 0 Å². The molecule has 0 radical (unpaired) electrons. The fourth-order valence-corrected chi connectivity index (χ4v) is 2.95. The van der Waals surface area contributed by atoms with Crippen molar-refractivity contribution >= 4 is 10.8 Å². The van der Waals surface area contributed by atoms with Gasteiger partial charge in [-0.3, -0.25) is 0 Å². The molecule has 1 aliphatic carbocycles.